The fraction of sp³-hybridized carbons (Fsp3) is 0.188. The van der Waals surface area contributed by atoms with Crippen molar-refractivity contribution >= 4 is 5.97 Å². The maximum absolute atomic E-state index is 11.9. The van der Waals surface area contributed by atoms with Crippen LogP contribution in [0, 0.1) is 6.92 Å². The Kier molecular flexibility index (Phi) is 3.78. The van der Waals surface area contributed by atoms with Crippen molar-refractivity contribution in [1.29, 1.82) is 0 Å². The van der Waals surface area contributed by atoms with E-state index in [1.54, 1.807) is 0 Å². The van der Waals surface area contributed by atoms with Gasteiger partial charge in [0.25, 0.3) is 0 Å². The third-order valence-corrected chi connectivity index (χ3v) is 2.76. The van der Waals surface area contributed by atoms with E-state index < -0.39 is 0 Å². The largest absolute Gasteiger partial charge is 0.462 e. The van der Waals surface area contributed by atoms with Gasteiger partial charge in [-0.05, 0) is 31.0 Å². The summed E-state index contributed by atoms with van der Waals surface area (Å²) in [4.78, 5) is 11.9. The molecule has 0 aliphatic heterocycles. The third-order valence-electron chi connectivity index (χ3n) is 2.76. The Morgan fingerprint density at radius 2 is 1.83 bits per heavy atom. The molecule has 0 bridgehead atoms. The lowest BCUT2D eigenvalue weighted by Gasteiger charge is -2.10. The number of esters is 1. The number of rotatable bonds is 3. The minimum atomic E-state index is -0.267. The van der Waals surface area contributed by atoms with Crippen molar-refractivity contribution in [2.24, 2.45) is 0 Å². The lowest BCUT2D eigenvalue weighted by atomic mass is 9.98. The molecule has 2 nitrogen and oxygen atoms in total. The normalized spacial score (nSPS) is 10.1. The number of hydrogen-bond donors (Lipinski definition) is 0. The first-order valence-corrected chi connectivity index (χ1v) is 6.05. The summed E-state index contributed by atoms with van der Waals surface area (Å²) in [5, 5.41) is 0. The van der Waals surface area contributed by atoms with Crippen molar-refractivity contribution in [3.8, 4) is 11.1 Å². The van der Waals surface area contributed by atoms with Gasteiger partial charge in [-0.2, -0.15) is 0 Å². The van der Waals surface area contributed by atoms with Gasteiger partial charge in [0.1, 0.15) is 0 Å². The van der Waals surface area contributed by atoms with Gasteiger partial charge in [0, 0.05) is 0 Å². The molecule has 18 heavy (non-hydrogen) atoms. The zero-order chi connectivity index (χ0) is 13.0. The summed E-state index contributed by atoms with van der Waals surface area (Å²) in [6.07, 6.45) is 0. The first kappa shape index (κ1) is 12.4. The number of carbonyl (C=O) groups excluding carboxylic acids is 1. The van der Waals surface area contributed by atoms with Crippen LogP contribution in [0.5, 0.6) is 0 Å². The van der Waals surface area contributed by atoms with Crippen LogP contribution >= 0.6 is 0 Å². The van der Waals surface area contributed by atoms with Crippen LogP contribution in [0.4, 0.5) is 0 Å². The second-order valence-electron chi connectivity index (χ2n) is 4.14. The molecule has 2 rings (SSSR count). The maximum atomic E-state index is 11.9. The summed E-state index contributed by atoms with van der Waals surface area (Å²) >= 11 is 0. The van der Waals surface area contributed by atoms with Crippen LogP contribution in [-0.2, 0) is 4.74 Å². The van der Waals surface area contributed by atoms with E-state index in [4.69, 9.17) is 4.74 Å². The highest BCUT2D eigenvalue weighted by molar-refractivity contribution is 5.97. The smallest absolute Gasteiger partial charge is 0.338 e. The van der Waals surface area contributed by atoms with E-state index in [2.05, 4.69) is 0 Å². The van der Waals surface area contributed by atoms with Crippen LogP contribution in [0.2, 0.25) is 0 Å². The highest BCUT2D eigenvalue weighted by Gasteiger charge is 2.13. The van der Waals surface area contributed by atoms with Crippen molar-refractivity contribution in [2.45, 2.75) is 13.8 Å². The second-order valence-corrected chi connectivity index (χ2v) is 4.14. The first-order valence-electron chi connectivity index (χ1n) is 6.05. The predicted octanol–water partition coefficient (Wildman–Crippen LogP) is 3.84. The third kappa shape index (κ3) is 2.59. The number of ether oxygens (including phenoxy) is 1. The molecule has 0 aromatic heterocycles. The highest BCUT2D eigenvalue weighted by Crippen LogP contribution is 2.25. The van der Waals surface area contributed by atoms with E-state index in [9.17, 15) is 4.79 Å². The molecule has 0 spiro atoms. The Morgan fingerprint density at radius 3 is 2.50 bits per heavy atom. The molecule has 0 aliphatic carbocycles. The van der Waals surface area contributed by atoms with Gasteiger partial charge in [0.05, 0.1) is 12.2 Å². The summed E-state index contributed by atoms with van der Waals surface area (Å²) in [5.74, 6) is -0.267. The number of hydrogen-bond acceptors (Lipinski definition) is 2. The Hall–Kier alpha value is -2.09. The molecule has 0 fully saturated rings. The molecule has 0 N–H and O–H groups in total. The fourth-order valence-electron chi connectivity index (χ4n) is 1.90. The lowest BCUT2D eigenvalue weighted by molar-refractivity contribution is 0.0527. The molecule has 0 atom stereocenters. The molecule has 2 heteroatoms. The Bertz CT molecular complexity index is 544. The maximum Gasteiger partial charge on any atom is 0.338 e. The van der Waals surface area contributed by atoms with Gasteiger partial charge in [-0.1, -0.05) is 48.0 Å². The average molecular weight is 240 g/mol. The number of carbonyl (C=O) groups is 1. The zero-order valence-electron chi connectivity index (χ0n) is 10.6. The van der Waals surface area contributed by atoms with Crippen molar-refractivity contribution in [3.05, 3.63) is 59.7 Å². The lowest BCUT2D eigenvalue weighted by Crippen LogP contribution is -2.06. The van der Waals surface area contributed by atoms with E-state index >= 15 is 0 Å². The SMILES string of the molecule is CCOC(=O)c1ccc(C)cc1-c1ccccc1. The van der Waals surface area contributed by atoms with E-state index in [1.807, 2.05) is 62.4 Å². The quantitative estimate of drug-likeness (QED) is 0.762. The van der Waals surface area contributed by atoms with Gasteiger partial charge < -0.3 is 4.74 Å². The molecule has 0 saturated carbocycles. The molecular formula is C16H16O2. The molecule has 0 heterocycles. The monoisotopic (exact) mass is 240 g/mol. The minimum absolute atomic E-state index is 0.267. The van der Waals surface area contributed by atoms with Gasteiger partial charge in [0.2, 0.25) is 0 Å². The molecule has 0 amide bonds. The van der Waals surface area contributed by atoms with E-state index in [1.165, 1.54) is 0 Å². The van der Waals surface area contributed by atoms with Crippen LogP contribution in [-0.4, -0.2) is 12.6 Å². The molecule has 2 aromatic rings. The number of benzene rings is 2. The minimum Gasteiger partial charge on any atom is -0.462 e. The van der Waals surface area contributed by atoms with E-state index in [-0.39, 0.29) is 5.97 Å². The molecular weight excluding hydrogens is 224 g/mol. The summed E-state index contributed by atoms with van der Waals surface area (Å²) < 4.78 is 5.09. The van der Waals surface area contributed by atoms with Gasteiger partial charge in [0.15, 0.2) is 0 Å². The fourth-order valence-corrected chi connectivity index (χ4v) is 1.90. The van der Waals surface area contributed by atoms with Crippen molar-refractivity contribution in [2.75, 3.05) is 6.61 Å². The Morgan fingerprint density at radius 1 is 1.11 bits per heavy atom. The molecule has 0 saturated heterocycles. The van der Waals surface area contributed by atoms with Crippen molar-refractivity contribution < 1.29 is 9.53 Å². The molecule has 92 valence electrons. The van der Waals surface area contributed by atoms with Crippen LogP contribution in [0.25, 0.3) is 11.1 Å². The highest BCUT2D eigenvalue weighted by atomic mass is 16.5. The zero-order valence-corrected chi connectivity index (χ0v) is 10.6. The van der Waals surface area contributed by atoms with Gasteiger partial charge >= 0.3 is 5.97 Å². The van der Waals surface area contributed by atoms with Crippen LogP contribution < -0.4 is 0 Å². The summed E-state index contributed by atoms with van der Waals surface area (Å²) in [5.41, 5.74) is 3.70. The Balaban J connectivity index is 2.51. The molecule has 2 aromatic carbocycles. The van der Waals surface area contributed by atoms with Crippen LogP contribution in [0.3, 0.4) is 0 Å². The van der Waals surface area contributed by atoms with Crippen LogP contribution in [0.15, 0.2) is 48.5 Å². The van der Waals surface area contributed by atoms with Crippen molar-refractivity contribution in [1.82, 2.24) is 0 Å². The van der Waals surface area contributed by atoms with E-state index in [0.29, 0.717) is 12.2 Å². The van der Waals surface area contributed by atoms with E-state index in [0.717, 1.165) is 16.7 Å². The predicted molar refractivity (Wildman–Crippen MR) is 72.6 cm³/mol. The molecule has 0 radical (unpaired) electrons. The van der Waals surface area contributed by atoms with Crippen molar-refractivity contribution in [3.63, 3.8) is 0 Å². The molecule has 0 aliphatic rings. The molecule has 0 unspecified atom stereocenters. The van der Waals surface area contributed by atoms with Crippen LogP contribution in [0.1, 0.15) is 22.8 Å². The first-order chi connectivity index (χ1) is 8.72. The summed E-state index contributed by atoms with van der Waals surface area (Å²) in [6, 6.07) is 15.7. The standard InChI is InChI=1S/C16H16O2/c1-3-18-16(17)14-10-9-12(2)11-15(14)13-7-5-4-6-8-13/h4-11H,3H2,1-2H3. The van der Waals surface area contributed by atoms with Gasteiger partial charge in [-0.15, -0.1) is 0 Å². The topological polar surface area (TPSA) is 26.3 Å². The second kappa shape index (κ2) is 5.50. The Labute approximate surface area is 107 Å². The average Bonchev–Trinajstić information content (AvgIpc) is 2.40. The van der Waals surface area contributed by atoms with Gasteiger partial charge in [-0.25, -0.2) is 4.79 Å². The summed E-state index contributed by atoms with van der Waals surface area (Å²) in [7, 11) is 0. The van der Waals surface area contributed by atoms with Gasteiger partial charge in [-0.3, -0.25) is 0 Å². The number of aryl methyl sites for hydroxylation is 1. The summed E-state index contributed by atoms with van der Waals surface area (Å²) in [6.45, 7) is 4.22.